The molecule has 3 rings (SSSR count). The second-order valence-corrected chi connectivity index (χ2v) is 6.14. The van der Waals surface area contributed by atoms with Gasteiger partial charge in [0.1, 0.15) is 0 Å². The zero-order valence-electron chi connectivity index (χ0n) is 13.0. The van der Waals surface area contributed by atoms with Gasteiger partial charge in [-0.25, -0.2) is 0 Å². The Bertz CT molecular complexity index is 554. The lowest BCUT2D eigenvalue weighted by molar-refractivity contribution is 0.203. The molecule has 1 aromatic heterocycles. The number of piperidine rings is 1. The summed E-state index contributed by atoms with van der Waals surface area (Å²) in [6.45, 7) is 7.69. The molecule has 1 atom stereocenters. The lowest BCUT2D eigenvalue weighted by Crippen LogP contribution is -2.44. The molecule has 0 amide bonds. The molecule has 21 heavy (non-hydrogen) atoms. The summed E-state index contributed by atoms with van der Waals surface area (Å²) >= 11 is 0. The molecular weight excluding hydrogens is 258 g/mol. The second kappa shape index (κ2) is 6.35. The maximum absolute atomic E-state index is 3.69. The number of hydrogen-bond donors (Lipinski definition) is 1. The summed E-state index contributed by atoms with van der Waals surface area (Å²) in [4.78, 5) is 2.56. The van der Waals surface area contributed by atoms with Crippen molar-refractivity contribution in [3.05, 3.63) is 59.4 Å². The van der Waals surface area contributed by atoms with Gasteiger partial charge in [-0.05, 0) is 50.9 Å². The zero-order chi connectivity index (χ0) is 14.7. The first-order chi connectivity index (χ1) is 10.2. The Labute approximate surface area is 127 Å². The highest BCUT2D eigenvalue weighted by Crippen LogP contribution is 2.15. The number of aryl methyl sites for hydroxylation is 2. The molecule has 0 aliphatic carbocycles. The summed E-state index contributed by atoms with van der Waals surface area (Å²) in [6.07, 6.45) is 2.52. The highest BCUT2D eigenvalue weighted by molar-refractivity contribution is 5.17. The van der Waals surface area contributed by atoms with Crippen molar-refractivity contribution in [2.24, 2.45) is 0 Å². The van der Waals surface area contributed by atoms with Crippen LogP contribution in [0.5, 0.6) is 0 Å². The fourth-order valence-electron chi connectivity index (χ4n) is 3.20. The summed E-state index contributed by atoms with van der Waals surface area (Å²) in [5.41, 5.74) is 7.67. The molecule has 2 heterocycles. The number of hydrogen-bond acceptors (Lipinski definition) is 2. The third kappa shape index (κ3) is 3.48. The largest absolute Gasteiger partial charge is 0.322 e. The van der Waals surface area contributed by atoms with Gasteiger partial charge in [-0.3, -0.25) is 9.58 Å². The molecule has 1 N–H and O–H groups in total. The quantitative estimate of drug-likeness (QED) is 0.929. The lowest BCUT2D eigenvalue weighted by Gasteiger charge is -2.34. The van der Waals surface area contributed by atoms with Crippen LogP contribution in [0.3, 0.4) is 0 Å². The van der Waals surface area contributed by atoms with Gasteiger partial charge >= 0.3 is 0 Å². The maximum Gasteiger partial charge on any atom is 0.0552 e. The summed E-state index contributed by atoms with van der Waals surface area (Å²) in [5.74, 6) is 0. The van der Waals surface area contributed by atoms with E-state index in [-0.39, 0.29) is 0 Å². The zero-order valence-corrected chi connectivity index (χ0v) is 13.0. The van der Waals surface area contributed by atoms with E-state index in [4.69, 9.17) is 0 Å². The van der Waals surface area contributed by atoms with Crippen LogP contribution in [-0.2, 0) is 6.54 Å². The topological polar surface area (TPSA) is 20.2 Å². The van der Waals surface area contributed by atoms with Crippen molar-refractivity contribution in [1.29, 1.82) is 0 Å². The smallest absolute Gasteiger partial charge is 0.0552 e. The number of nitrogens with zero attached hydrogens (tertiary/aromatic N) is 2. The number of nitrogens with one attached hydrogen (secondary N) is 1. The number of benzene rings is 1. The minimum atomic E-state index is 0.535. The third-order valence-corrected chi connectivity index (χ3v) is 4.34. The first-order valence-corrected chi connectivity index (χ1v) is 7.90. The molecule has 0 saturated carbocycles. The van der Waals surface area contributed by atoms with Crippen molar-refractivity contribution in [2.75, 3.05) is 18.5 Å². The number of likely N-dealkylation sites (tertiary alicyclic amines) is 1. The van der Waals surface area contributed by atoms with Crippen LogP contribution >= 0.6 is 0 Å². The molecule has 3 nitrogen and oxygen atoms in total. The van der Waals surface area contributed by atoms with E-state index in [1.54, 1.807) is 0 Å². The summed E-state index contributed by atoms with van der Waals surface area (Å²) < 4.78 is 2.23. The minimum absolute atomic E-state index is 0.535. The van der Waals surface area contributed by atoms with E-state index < -0.39 is 0 Å². The van der Waals surface area contributed by atoms with Gasteiger partial charge < -0.3 is 5.43 Å². The minimum Gasteiger partial charge on any atom is -0.322 e. The fourth-order valence-corrected chi connectivity index (χ4v) is 3.20. The van der Waals surface area contributed by atoms with Crippen molar-refractivity contribution >= 4 is 0 Å². The SMILES string of the molecule is Cc1ccc(C)n1NC1CCCN(Cc2ccccc2)C1. The molecule has 1 saturated heterocycles. The Balaban J connectivity index is 1.61. The standard InChI is InChI=1S/C18H25N3/c1-15-10-11-16(2)21(15)19-18-9-6-12-20(14-18)13-17-7-4-3-5-8-17/h3-5,7-8,10-11,18-19H,6,9,12-14H2,1-2H3. The van der Waals surface area contributed by atoms with Crippen molar-refractivity contribution in [3.63, 3.8) is 0 Å². The molecule has 1 aromatic carbocycles. The average Bonchev–Trinajstić information content (AvgIpc) is 2.81. The average molecular weight is 283 g/mol. The van der Waals surface area contributed by atoms with E-state index in [1.165, 1.54) is 36.3 Å². The molecule has 1 unspecified atom stereocenters. The van der Waals surface area contributed by atoms with Crippen LogP contribution in [0.1, 0.15) is 29.8 Å². The lowest BCUT2D eigenvalue weighted by atomic mass is 10.1. The first kappa shape index (κ1) is 14.2. The van der Waals surface area contributed by atoms with Gasteiger partial charge in [0.25, 0.3) is 0 Å². The molecule has 1 fully saturated rings. The van der Waals surface area contributed by atoms with Crippen LogP contribution in [0.2, 0.25) is 0 Å². The van der Waals surface area contributed by atoms with E-state index in [1.807, 2.05) is 0 Å². The van der Waals surface area contributed by atoms with E-state index in [2.05, 4.69) is 71.3 Å². The van der Waals surface area contributed by atoms with Gasteiger partial charge in [0, 0.05) is 24.5 Å². The highest BCUT2D eigenvalue weighted by atomic mass is 15.4. The predicted molar refractivity (Wildman–Crippen MR) is 88.0 cm³/mol. The molecule has 0 radical (unpaired) electrons. The van der Waals surface area contributed by atoms with Gasteiger partial charge in [0.2, 0.25) is 0 Å². The molecule has 1 aliphatic heterocycles. The van der Waals surface area contributed by atoms with E-state index in [0.29, 0.717) is 6.04 Å². The highest BCUT2D eigenvalue weighted by Gasteiger charge is 2.20. The Morgan fingerprint density at radius 3 is 2.48 bits per heavy atom. The van der Waals surface area contributed by atoms with Crippen molar-refractivity contribution in [2.45, 2.75) is 39.3 Å². The molecule has 2 aromatic rings. The molecular formula is C18H25N3. The molecule has 0 spiro atoms. The fraction of sp³-hybridized carbons (Fsp3) is 0.444. The van der Waals surface area contributed by atoms with Gasteiger partial charge in [-0.2, -0.15) is 0 Å². The summed E-state index contributed by atoms with van der Waals surface area (Å²) in [7, 11) is 0. The van der Waals surface area contributed by atoms with Crippen molar-refractivity contribution in [1.82, 2.24) is 9.58 Å². The van der Waals surface area contributed by atoms with Crippen LogP contribution < -0.4 is 5.43 Å². The van der Waals surface area contributed by atoms with E-state index in [9.17, 15) is 0 Å². The predicted octanol–water partition coefficient (Wildman–Crippen LogP) is 3.31. The molecule has 0 bridgehead atoms. The second-order valence-electron chi connectivity index (χ2n) is 6.14. The van der Waals surface area contributed by atoms with Gasteiger partial charge in [-0.1, -0.05) is 30.3 Å². The van der Waals surface area contributed by atoms with Gasteiger partial charge in [-0.15, -0.1) is 0 Å². The Morgan fingerprint density at radius 1 is 1.05 bits per heavy atom. The Kier molecular flexibility index (Phi) is 4.30. The Morgan fingerprint density at radius 2 is 1.76 bits per heavy atom. The van der Waals surface area contributed by atoms with E-state index >= 15 is 0 Å². The first-order valence-electron chi connectivity index (χ1n) is 7.90. The van der Waals surface area contributed by atoms with Crippen molar-refractivity contribution in [3.8, 4) is 0 Å². The maximum atomic E-state index is 3.69. The summed E-state index contributed by atoms with van der Waals surface area (Å²) in [6, 6.07) is 15.7. The Hall–Kier alpha value is -1.74. The molecule has 112 valence electrons. The van der Waals surface area contributed by atoms with Gasteiger partial charge in [0.15, 0.2) is 0 Å². The van der Waals surface area contributed by atoms with Crippen LogP contribution in [0.25, 0.3) is 0 Å². The monoisotopic (exact) mass is 283 g/mol. The van der Waals surface area contributed by atoms with Crippen LogP contribution in [0.4, 0.5) is 0 Å². The van der Waals surface area contributed by atoms with E-state index in [0.717, 1.165) is 13.1 Å². The number of aromatic nitrogens is 1. The third-order valence-electron chi connectivity index (χ3n) is 4.34. The molecule has 3 heteroatoms. The van der Waals surface area contributed by atoms with Crippen LogP contribution in [-0.4, -0.2) is 28.7 Å². The van der Waals surface area contributed by atoms with Crippen LogP contribution in [0, 0.1) is 13.8 Å². The number of rotatable bonds is 4. The van der Waals surface area contributed by atoms with Gasteiger partial charge in [0.05, 0.1) is 6.04 Å². The normalized spacial score (nSPS) is 19.6. The summed E-state index contributed by atoms with van der Waals surface area (Å²) in [5, 5.41) is 0. The van der Waals surface area contributed by atoms with Crippen molar-refractivity contribution < 1.29 is 0 Å². The molecule has 1 aliphatic rings. The van der Waals surface area contributed by atoms with Crippen LogP contribution in [0.15, 0.2) is 42.5 Å².